The first-order valence-electron chi connectivity index (χ1n) is 5.05. The lowest BCUT2D eigenvalue weighted by atomic mass is 10.0. The van der Waals surface area contributed by atoms with E-state index in [0.29, 0.717) is 0 Å². The number of nitrogens with zero attached hydrogens (tertiary/aromatic N) is 3. The summed E-state index contributed by atoms with van der Waals surface area (Å²) in [4.78, 5) is 10.4. The number of piperidine rings is 1. The fraction of sp³-hybridized carbons (Fsp3) is 0.600. The van der Waals surface area contributed by atoms with Gasteiger partial charge in [0, 0.05) is 18.9 Å². The number of anilines is 1. The first-order chi connectivity index (χ1) is 6.92. The van der Waals surface area contributed by atoms with E-state index in [4.69, 9.17) is 0 Å². The Labute approximate surface area is 83.6 Å². The average Bonchev–Trinajstić information content (AvgIpc) is 2.30. The maximum atomic E-state index is 9.23. The molecule has 14 heavy (non-hydrogen) atoms. The highest BCUT2D eigenvalue weighted by molar-refractivity contribution is 5.37. The van der Waals surface area contributed by atoms with Crippen LogP contribution in [0.5, 0.6) is 0 Å². The van der Waals surface area contributed by atoms with Crippen molar-refractivity contribution >= 4 is 5.82 Å². The second-order valence-corrected chi connectivity index (χ2v) is 3.59. The van der Waals surface area contributed by atoms with Gasteiger partial charge >= 0.3 is 0 Å². The quantitative estimate of drug-likeness (QED) is 0.755. The van der Waals surface area contributed by atoms with Gasteiger partial charge in [0.1, 0.15) is 5.82 Å². The van der Waals surface area contributed by atoms with E-state index in [-0.39, 0.29) is 12.6 Å². The van der Waals surface area contributed by atoms with Crippen molar-refractivity contribution in [2.75, 3.05) is 18.1 Å². The van der Waals surface area contributed by atoms with Gasteiger partial charge in [-0.25, -0.2) is 4.98 Å². The summed E-state index contributed by atoms with van der Waals surface area (Å²) in [6.45, 7) is 1.18. The van der Waals surface area contributed by atoms with Gasteiger partial charge in [-0.15, -0.1) is 0 Å². The standard InChI is InChI=1S/C10H15N3O/c14-8-9-3-1-2-6-13(9)10-7-11-4-5-12-10/h4-5,7,9,14H,1-3,6,8H2. The van der Waals surface area contributed by atoms with Crippen LogP contribution >= 0.6 is 0 Å². The number of rotatable bonds is 2. The molecule has 0 radical (unpaired) electrons. The van der Waals surface area contributed by atoms with E-state index in [1.165, 1.54) is 12.8 Å². The molecule has 1 unspecified atom stereocenters. The lowest BCUT2D eigenvalue weighted by Gasteiger charge is -2.35. The van der Waals surface area contributed by atoms with Crippen molar-refractivity contribution in [1.82, 2.24) is 9.97 Å². The summed E-state index contributed by atoms with van der Waals surface area (Å²) in [7, 11) is 0. The molecule has 0 aliphatic carbocycles. The molecule has 0 saturated carbocycles. The van der Waals surface area contributed by atoms with Crippen LogP contribution in [0, 0.1) is 0 Å². The molecule has 1 aliphatic rings. The van der Waals surface area contributed by atoms with Crippen LogP contribution in [0.15, 0.2) is 18.6 Å². The van der Waals surface area contributed by atoms with Gasteiger partial charge in [0.2, 0.25) is 0 Å². The normalized spacial score (nSPS) is 22.4. The van der Waals surface area contributed by atoms with Crippen molar-refractivity contribution in [3.8, 4) is 0 Å². The lowest BCUT2D eigenvalue weighted by molar-refractivity contribution is 0.239. The molecule has 4 heteroatoms. The Morgan fingerprint density at radius 1 is 1.43 bits per heavy atom. The zero-order valence-corrected chi connectivity index (χ0v) is 8.13. The Balaban J connectivity index is 2.15. The summed E-state index contributed by atoms with van der Waals surface area (Å²) in [6.07, 6.45) is 8.54. The van der Waals surface area contributed by atoms with Crippen LogP contribution in [-0.4, -0.2) is 34.3 Å². The van der Waals surface area contributed by atoms with E-state index < -0.39 is 0 Å². The highest BCUT2D eigenvalue weighted by Crippen LogP contribution is 2.21. The van der Waals surface area contributed by atoms with Crippen LogP contribution in [0.3, 0.4) is 0 Å². The third kappa shape index (κ3) is 1.85. The molecule has 0 bridgehead atoms. The summed E-state index contributed by atoms with van der Waals surface area (Å²) in [6, 6.07) is 0.223. The molecule has 0 spiro atoms. The number of aromatic nitrogens is 2. The molecular weight excluding hydrogens is 178 g/mol. The van der Waals surface area contributed by atoms with Gasteiger partial charge in [-0.2, -0.15) is 0 Å². The van der Waals surface area contributed by atoms with Crippen LogP contribution in [0.25, 0.3) is 0 Å². The van der Waals surface area contributed by atoms with Gasteiger partial charge in [0.05, 0.1) is 18.8 Å². The van der Waals surface area contributed by atoms with Crippen molar-refractivity contribution in [3.63, 3.8) is 0 Å². The fourth-order valence-corrected chi connectivity index (χ4v) is 1.93. The molecular formula is C10H15N3O. The number of aliphatic hydroxyl groups is 1. The molecule has 76 valence electrons. The summed E-state index contributed by atoms with van der Waals surface area (Å²) in [5.41, 5.74) is 0. The van der Waals surface area contributed by atoms with Crippen molar-refractivity contribution in [2.24, 2.45) is 0 Å². The molecule has 1 atom stereocenters. The van der Waals surface area contributed by atoms with Gasteiger partial charge in [0.25, 0.3) is 0 Å². The second kappa shape index (κ2) is 4.37. The molecule has 1 aromatic rings. The number of hydrogen-bond acceptors (Lipinski definition) is 4. The highest BCUT2D eigenvalue weighted by atomic mass is 16.3. The Morgan fingerprint density at radius 3 is 3.07 bits per heavy atom. The minimum atomic E-state index is 0.205. The summed E-state index contributed by atoms with van der Waals surface area (Å²) in [5.74, 6) is 0.881. The first kappa shape index (κ1) is 9.40. The Hall–Kier alpha value is -1.16. The molecule has 0 aromatic carbocycles. The van der Waals surface area contributed by atoms with Crippen LogP contribution in [0.2, 0.25) is 0 Å². The van der Waals surface area contributed by atoms with E-state index in [0.717, 1.165) is 18.8 Å². The maximum Gasteiger partial charge on any atom is 0.147 e. The lowest BCUT2D eigenvalue weighted by Crippen LogP contribution is -2.42. The Morgan fingerprint density at radius 2 is 2.36 bits per heavy atom. The van der Waals surface area contributed by atoms with Gasteiger partial charge in [-0.1, -0.05) is 0 Å². The monoisotopic (exact) mass is 193 g/mol. The van der Waals surface area contributed by atoms with Gasteiger partial charge in [0.15, 0.2) is 0 Å². The first-order valence-corrected chi connectivity index (χ1v) is 5.05. The van der Waals surface area contributed by atoms with E-state index in [9.17, 15) is 5.11 Å². The van der Waals surface area contributed by atoms with E-state index in [1.54, 1.807) is 18.6 Å². The average molecular weight is 193 g/mol. The van der Waals surface area contributed by atoms with Crippen LogP contribution < -0.4 is 4.90 Å². The van der Waals surface area contributed by atoms with E-state index in [2.05, 4.69) is 14.9 Å². The molecule has 1 saturated heterocycles. The number of hydrogen-bond donors (Lipinski definition) is 1. The minimum absolute atomic E-state index is 0.205. The van der Waals surface area contributed by atoms with Crippen LogP contribution in [0.4, 0.5) is 5.82 Å². The highest BCUT2D eigenvalue weighted by Gasteiger charge is 2.22. The van der Waals surface area contributed by atoms with Gasteiger partial charge < -0.3 is 10.0 Å². The van der Waals surface area contributed by atoms with Gasteiger partial charge in [-0.3, -0.25) is 4.98 Å². The molecule has 1 aromatic heterocycles. The third-order valence-electron chi connectivity index (χ3n) is 2.68. The van der Waals surface area contributed by atoms with Crippen LogP contribution in [0.1, 0.15) is 19.3 Å². The SMILES string of the molecule is OCC1CCCCN1c1cnccn1. The molecule has 2 rings (SSSR count). The molecule has 4 nitrogen and oxygen atoms in total. The molecule has 0 amide bonds. The second-order valence-electron chi connectivity index (χ2n) is 3.59. The Bertz CT molecular complexity index is 278. The van der Waals surface area contributed by atoms with Crippen molar-refractivity contribution < 1.29 is 5.11 Å². The molecule has 1 fully saturated rings. The van der Waals surface area contributed by atoms with E-state index in [1.807, 2.05) is 0 Å². The maximum absolute atomic E-state index is 9.23. The van der Waals surface area contributed by atoms with Crippen LogP contribution in [-0.2, 0) is 0 Å². The summed E-state index contributed by atoms with van der Waals surface area (Å²) < 4.78 is 0. The minimum Gasteiger partial charge on any atom is -0.394 e. The zero-order chi connectivity index (χ0) is 9.80. The van der Waals surface area contributed by atoms with Gasteiger partial charge in [-0.05, 0) is 19.3 Å². The summed E-state index contributed by atoms with van der Waals surface area (Å²) >= 11 is 0. The molecule has 1 N–H and O–H groups in total. The van der Waals surface area contributed by atoms with Crippen molar-refractivity contribution in [3.05, 3.63) is 18.6 Å². The van der Waals surface area contributed by atoms with Crippen molar-refractivity contribution in [2.45, 2.75) is 25.3 Å². The molecule has 2 heterocycles. The third-order valence-corrected chi connectivity index (χ3v) is 2.68. The molecule has 1 aliphatic heterocycles. The zero-order valence-electron chi connectivity index (χ0n) is 8.13. The fourth-order valence-electron chi connectivity index (χ4n) is 1.93. The number of aliphatic hydroxyl groups excluding tert-OH is 1. The van der Waals surface area contributed by atoms with Crippen molar-refractivity contribution in [1.29, 1.82) is 0 Å². The van der Waals surface area contributed by atoms with E-state index >= 15 is 0 Å². The predicted molar refractivity (Wildman–Crippen MR) is 54.1 cm³/mol. The smallest absolute Gasteiger partial charge is 0.147 e. The topological polar surface area (TPSA) is 49.2 Å². The largest absolute Gasteiger partial charge is 0.394 e. The Kier molecular flexibility index (Phi) is 2.93. The summed E-state index contributed by atoms with van der Waals surface area (Å²) in [5, 5.41) is 9.23. The predicted octanol–water partition coefficient (Wildman–Crippen LogP) is 0.828.